The molecule has 1 spiro atoms. The summed E-state index contributed by atoms with van der Waals surface area (Å²) in [5.41, 5.74) is 2.67. The highest BCUT2D eigenvalue weighted by atomic mass is 16.5. The minimum absolute atomic E-state index is 0.272. The van der Waals surface area contributed by atoms with Gasteiger partial charge in [-0.1, -0.05) is 30.3 Å². The molecule has 2 aromatic rings. The summed E-state index contributed by atoms with van der Waals surface area (Å²) >= 11 is 0. The van der Waals surface area contributed by atoms with Crippen molar-refractivity contribution in [1.82, 2.24) is 19.8 Å². The third-order valence-electron chi connectivity index (χ3n) is 5.91. The zero-order chi connectivity index (χ0) is 18.5. The molecular formula is C21H29N5O. The van der Waals surface area contributed by atoms with Crippen LogP contribution in [0.3, 0.4) is 0 Å². The maximum Gasteiger partial charge on any atom is 0.222 e. The summed E-state index contributed by atoms with van der Waals surface area (Å²) in [4.78, 5) is 14.1. The number of aromatic nitrogens is 2. The van der Waals surface area contributed by atoms with Gasteiger partial charge in [-0.25, -0.2) is 9.97 Å². The molecule has 2 fully saturated rings. The van der Waals surface area contributed by atoms with Gasteiger partial charge in [-0.15, -0.1) is 0 Å². The van der Waals surface area contributed by atoms with Crippen LogP contribution in [0.25, 0.3) is 0 Å². The van der Waals surface area contributed by atoms with E-state index in [0.29, 0.717) is 5.95 Å². The summed E-state index contributed by atoms with van der Waals surface area (Å²) in [5.74, 6) is 0.682. The molecule has 2 aliphatic rings. The van der Waals surface area contributed by atoms with Gasteiger partial charge >= 0.3 is 0 Å². The smallest absolute Gasteiger partial charge is 0.222 e. The first-order chi connectivity index (χ1) is 13.2. The molecule has 3 heterocycles. The molecule has 0 amide bonds. The first-order valence-electron chi connectivity index (χ1n) is 9.84. The Bertz CT molecular complexity index is 715. The van der Waals surface area contributed by atoms with Gasteiger partial charge < -0.3 is 10.1 Å². The maximum atomic E-state index is 5.59. The van der Waals surface area contributed by atoms with E-state index in [0.717, 1.165) is 58.8 Å². The first-order valence-corrected chi connectivity index (χ1v) is 9.84. The van der Waals surface area contributed by atoms with E-state index in [9.17, 15) is 0 Å². The van der Waals surface area contributed by atoms with Crippen LogP contribution in [-0.2, 0) is 17.8 Å². The Morgan fingerprint density at radius 1 is 1.04 bits per heavy atom. The molecule has 1 aromatic carbocycles. The number of piperazine rings is 1. The standard InChI is InChI=1S/C21H29N5O/c1-25-9-10-26(17-21(25)7-11-27-12-8-21)16-19-14-23-20(24-15-19)22-13-18-5-3-2-4-6-18/h2-6,14-15H,7-13,16-17H2,1H3,(H,22,23,24). The van der Waals surface area contributed by atoms with E-state index in [1.165, 1.54) is 11.1 Å². The van der Waals surface area contributed by atoms with Gasteiger partial charge in [0.05, 0.1) is 0 Å². The van der Waals surface area contributed by atoms with E-state index >= 15 is 0 Å². The van der Waals surface area contributed by atoms with Crippen LogP contribution >= 0.6 is 0 Å². The van der Waals surface area contributed by atoms with Crippen LogP contribution in [0.4, 0.5) is 5.95 Å². The molecule has 2 saturated heterocycles. The molecule has 0 aliphatic carbocycles. The Hall–Kier alpha value is -2.02. The van der Waals surface area contributed by atoms with Gasteiger partial charge in [0.15, 0.2) is 0 Å². The molecule has 0 radical (unpaired) electrons. The molecule has 1 aromatic heterocycles. The summed E-state index contributed by atoms with van der Waals surface area (Å²) in [6.07, 6.45) is 6.16. The van der Waals surface area contributed by atoms with Gasteiger partial charge in [-0.2, -0.15) is 0 Å². The van der Waals surface area contributed by atoms with Gasteiger partial charge in [-0.05, 0) is 25.5 Å². The van der Waals surface area contributed by atoms with Gasteiger partial charge in [0.2, 0.25) is 5.95 Å². The SMILES string of the molecule is CN1CCN(Cc2cnc(NCc3ccccc3)nc2)CC12CCOCC2. The van der Waals surface area contributed by atoms with Gasteiger partial charge in [0.25, 0.3) is 0 Å². The fraction of sp³-hybridized carbons (Fsp3) is 0.524. The van der Waals surface area contributed by atoms with Crippen LogP contribution in [0.2, 0.25) is 0 Å². The fourth-order valence-corrected chi connectivity index (χ4v) is 4.13. The van der Waals surface area contributed by atoms with Crippen LogP contribution < -0.4 is 5.32 Å². The van der Waals surface area contributed by atoms with Crippen molar-refractivity contribution in [1.29, 1.82) is 0 Å². The number of benzene rings is 1. The molecule has 4 rings (SSSR count). The van der Waals surface area contributed by atoms with Gasteiger partial charge in [0, 0.05) is 69.4 Å². The minimum atomic E-state index is 0.272. The van der Waals surface area contributed by atoms with Crippen molar-refractivity contribution < 1.29 is 4.74 Å². The summed E-state index contributed by atoms with van der Waals surface area (Å²) < 4.78 is 5.59. The number of hydrogen-bond acceptors (Lipinski definition) is 6. The number of anilines is 1. The second kappa shape index (κ2) is 8.33. The zero-order valence-corrected chi connectivity index (χ0v) is 16.1. The lowest BCUT2D eigenvalue weighted by Gasteiger charge is -2.51. The molecule has 0 bridgehead atoms. The average Bonchev–Trinajstić information content (AvgIpc) is 2.72. The Morgan fingerprint density at radius 3 is 2.52 bits per heavy atom. The molecule has 6 heteroatoms. The lowest BCUT2D eigenvalue weighted by atomic mass is 9.86. The Balaban J connectivity index is 1.33. The predicted molar refractivity (Wildman–Crippen MR) is 106 cm³/mol. The molecule has 0 unspecified atom stereocenters. The van der Waals surface area contributed by atoms with Crippen LogP contribution in [-0.4, -0.2) is 65.2 Å². The van der Waals surface area contributed by atoms with E-state index in [2.05, 4.69) is 44.3 Å². The second-order valence-corrected chi connectivity index (χ2v) is 7.72. The quantitative estimate of drug-likeness (QED) is 0.876. The van der Waals surface area contributed by atoms with Crippen molar-refractivity contribution in [3.63, 3.8) is 0 Å². The molecular weight excluding hydrogens is 338 g/mol. The zero-order valence-electron chi connectivity index (χ0n) is 16.1. The lowest BCUT2D eigenvalue weighted by Crippen LogP contribution is -2.62. The van der Waals surface area contributed by atoms with Crippen LogP contribution in [0, 0.1) is 0 Å². The largest absolute Gasteiger partial charge is 0.381 e. The van der Waals surface area contributed by atoms with E-state index in [1.54, 1.807) is 0 Å². The third kappa shape index (κ3) is 4.46. The average molecular weight is 367 g/mol. The number of hydrogen-bond donors (Lipinski definition) is 1. The number of nitrogens with zero attached hydrogens (tertiary/aromatic N) is 4. The van der Waals surface area contributed by atoms with Gasteiger partial charge in [-0.3, -0.25) is 9.80 Å². The van der Waals surface area contributed by atoms with E-state index in [1.807, 2.05) is 30.6 Å². The Morgan fingerprint density at radius 2 is 1.78 bits per heavy atom. The Kier molecular flexibility index (Phi) is 5.66. The van der Waals surface area contributed by atoms with E-state index in [4.69, 9.17) is 4.74 Å². The Labute approximate surface area is 161 Å². The highest BCUT2D eigenvalue weighted by molar-refractivity contribution is 5.28. The number of ether oxygens (including phenoxy) is 1. The van der Waals surface area contributed by atoms with E-state index in [-0.39, 0.29) is 5.54 Å². The van der Waals surface area contributed by atoms with Gasteiger partial charge in [0.1, 0.15) is 0 Å². The van der Waals surface area contributed by atoms with Crippen molar-refractivity contribution in [2.24, 2.45) is 0 Å². The maximum absolute atomic E-state index is 5.59. The molecule has 6 nitrogen and oxygen atoms in total. The van der Waals surface area contributed by atoms with Crippen molar-refractivity contribution in [3.05, 3.63) is 53.9 Å². The number of likely N-dealkylation sites (N-methyl/N-ethyl adjacent to an activating group) is 1. The van der Waals surface area contributed by atoms with E-state index < -0.39 is 0 Å². The van der Waals surface area contributed by atoms with Crippen molar-refractivity contribution in [3.8, 4) is 0 Å². The topological polar surface area (TPSA) is 53.5 Å². The van der Waals surface area contributed by atoms with Crippen LogP contribution in [0.15, 0.2) is 42.7 Å². The predicted octanol–water partition coefficient (Wildman–Crippen LogP) is 2.39. The van der Waals surface area contributed by atoms with Crippen LogP contribution in [0.5, 0.6) is 0 Å². The van der Waals surface area contributed by atoms with Crippen LogP contribution in [0.1, 0.15) is 24.0 Å². The summed E-state index contributed by atoms with van der Waals surface area (Å²) in [5, 5.41) is 3.29. The summed E-state index contributed by atoms with van der Waals surface area (Å²) in [6, 6.07) is 10.3. The van der Waals surface area contributed by atoms with Crippen molar-refractivity contribution in [2.45, 2.75) is 31.5 Å². The number of nitrogens with one attached hydrogen (secondary N) is 1. The summed E-state index contributed by atoms with van der Waals surface area (Å²) in [7, 11) is 2.26. The monoisotopic (exact) mass is 367 g/mol. The molecule has 27 heavy (non-hydrogen) atoms. The normalized spacial score (nSPS) is 20.6. The molecule has 0 atom stereocenters. The molecule has 2 aliphatic heterocycles. The molecule has 144 valence electrons. The first kappa shape index (κ1) is 18.3. The van der Waals surface area contributed by atoms with Crippen molar-refractivity contribution in [2.75, 3.05) is 45.2 Å². The molecule has 0 saturated carbocycles. The lowest BCUT2D eigenvalue weighted by molar-refractivity contribution is -0.0625. The third-order valence-corrected chi connectivity index (χ3v) is 5.91. The minimum Gasteiger partial charge on any atom is -0.381 e. The fourth-order valence-electron chi connectivity index (χ4n) is 4.13. The highest BCUT2D eigenvalue weighted by Gasteiger charge is 2.40. The summed E-state index contributed by atoms with van der Waals surface area (Å²) in [6.45, 7) is 6.70. The highest BCUT2D eigenvalue weighted by Crippen LogP contribution is 2.31. The number of rotatable bonds is 5. The molecule has 1 N–H and O–H groups in total. The van der Waals surface area contributed by atoms with Crippen molar-refractivity contribution >= 4 is 5.95 Å². The second-order valence-electron chi connectivity index (χ2n) is 7.72.